The number of nitrogens with one attached hydrogen (secondary N) is 4. The number of hydrogen-bond donors (Lipinski definition) is 8. The Hall–Kier alpha value is -5.42. The van der Waals surface area contributed by atoms with Crippen LogP contribution in [-0.4, -0.2) is 137 Å². The summed E-state index contributed by atoms with van der Waals surface area (Å²) in [6.07, 6.45) is 5.78. The fourth-order valence-electron chi connectivity index (χ4n) is 7.42. The summed E-state index contributed by atoms with van der Waals surface area (Å²) in [6, 6.07) is 0.190. The number of carbonyl (C=O) groups excluding carboxylic acids is 6. The predicted molar refractivity (Wildman–Crippen MR) is 248 cm³/mol. The number of aliphatic hydroxyl groups excluding tert-OH is 1. The Morgan fingerprint density at radius 2 is 1.66 bits per heavy atom. The molecule has 26 heteroatoms. The van der Waals surface area contributed by atoms with Crippen molar-refractivity contribution in [2.45, 2.75) is 122 Å². The van der Waals surface area contributed by atoms with Crippen LogP contribution in [0.3, 0.4) is 0 Å². The highest BCUT2D eigenvalue weighted by Gasteiger charge is 2.37. The van der Waals surface area contributed by atoms with Crippen LogP contribution in [0.15, 0.2) is 41.9 Å². The molecular formula is C42H60Cl2N11O12P. The summed E-state index contributed by atoms with van der Waals surface area (Å²) in [6.45, 7) is 7.95. The van der Waals surface area contributed by atoms with Crippen molar-refractivity contribution in [1.29, 1.82) is 0 Å². The van der Waals surface area contributed by atoms with Gasteiger partial charge in [-0.15, -0.1) is 0 Å². The van der Waals surface area contributed by atoms with Crippen LogP contribution >= 0.6 is 31.0 Å². The summed E-state index contributed by atoms with van der Waals surface area (Å²) in [5, 5.41) is 29.4. The van der Waals surface area contributed by atoms with E-state index in [9.17, 15) is 48.2 Å². The van der Waals surface area contributed by atoms with Gasteiger partial charge in [0.25, 0.3) is 0 Å². The fourth-order valence-corrected chi connectivity index (χ4v) is 8.51. The number of hydrogen-bond acceptors (Lipinski definition) is 13. The van der Waals surface area contributed by atoms with E-state index >= 15 is 0 Å². The molecule has 1 saturated heterocycles. The fraction of sp³-hybridized carbons (Fsp3) is 0.548. The molecule has 9 N–H and O–H groups in total. The van der Waals surface area contributed by atoms with Gasteiger partial charge in [0.1, 0.15) is 42.0 Å². The highest BCUT2D eigenvalue weighted by Crippen LogP contribution is 2.38. The molecule has 2 aromatic heterocycles. The number of amides is 6. The minimum atomic E-state index is -5.14. The van der Waals surface area contributed by atoms with Crippen molar-refractivity contribution < 1.29 is 57.6 Å². The molecule has 0 aliphatic carbocycles. The minimum Gasteiger partial charge on any atom is -0.396 e. The number of phosphoric ester groups is 1. The van der Waals surface area contributed by atoms with Crippen LogP contribution in [0.2, 0.25) is 10.2 Å². The van der Waals surface area contributed by atoms with Gasteiger partial charge in [-0.1, -0.05) is 54.3 Å². The van der Waals surface area contributed by atoms with Crippen LogP contribution in [0, 0.1) is 12.8 Å². The molecule has 1 fully saturated rings. The highest BCUT2D eigenvalue weighted by molar-refractivity contribution is 7.46. The second kappa shape index (κ2) is 25.8. The number of imidazole rings is 1. The average molecular weight is 1010 g/mol. The first-order chi connectivity index (χ1) is 32.1. The molecule has 3 heterocycles. The maximum atomic E-state index is 14.1. The van der Waals surface area contributed by atoms with Crippen LogP contribution in [-0.2, 0) is 55.7 Å². The third kappa shape index (κ3) is 16.1. The summed E-state index contributed by atoms with van der Waals surface area (Å²) < 4.78 is 19.2. The Morgan fingerprint density at radius 1 is 0.985 bits per heavy atom. The quantitative estimate of drug-likeness (QED) is 0.0244. The summed E-state index contributed by atoms with van der Waals surface area (Å²) in [5.41, 5.74) is 7.66. The molecule has 0 unspecified atom stereocenters. The lowest BCUT2D eigenvalue weighted by atomic mass is 10.0. The molecule has 0 radical (unpaired) electrons. The second-order valence-corrected chi connectivity index (χ2v) is 18.6. The number of likely N-dealkylation sites (tertiary alicyclic amines) is 1. The van der Waals surface area contributed by atoms with Gasteiger partial charge in [0.2, 0.25) is 35.4 Å². The number of rotatable bonds is 26. The molecule has 374 valence electrons. The number of aryl methyl sites for hydroxylation is 2. The molecule has 68 heavy (non-hydrogen) atoms. The molecule has 23 nitrogen and oxygen atoms in total. The van der Waals surface area contributed by atoms with Gasteiger partial charge in [-0.25, -0.2) is 14.2 Å². The minimum absolute atomic E-state index is 0.116. The van der Waals surface area contributed by atoms with Crippen molar-refractivity contribution in [2.75, 3.05) is 19.8 Å². The van der Waals surface area contributed by atoms with E-state index < -0.39 is 80.3 Å². The lowest BCUT2D eigenvalue weighted by molar-refractivity contribution is -0.139. The first-order valence-electron chi connectivity index (χ1n) is 21.9. The second-order valence-electron chi connectivity index (χ2n) is 16.6. The SMILES string of the molecule is CC(=O)N1CCC[C@H]1C(=O)N[C@@H](CC(C)C)C(=O)N[C@@H](Cc1cncn1CCCCCO/N=C/c1c(C)nn(-c2ccccc2Cl)c1Cl)C(=O)N[C@@H](CO)C(=O)N[C@H](C(N)=O)[C@@H](C)OP(=O)(O)O. The summed E-state index contributed by atoms with van der Waals surface area (Å²) in [7, 11) is -5.14. The Balaban J connectivity index is 1.45. The van der Waals surface area contributed by atoms with Gasteiger partial charge in [-0.3, -0.25) is 33.3 Å². The number of phosphoric acid groups is 1. The van der Waals surface area contributed by atoms with E-state index in [2.05, 4.69) is 41.0 Å². The van der Waals surface area contributed by atoms with Gasteiger partial charge in [0.05, 0.1) is 47.2 Å². The summed E-state index contributed by atoms with van der Waals surface area (Å²) in [4.78, 5) is 109. The monoisotopic (exact) mass is 1010 g/mol. The number of nitrogens with zero attached hydrogens (tertiary/aromatic N) is 6. The van der Waals surface area contributed by atoms with Crippen molar-refractivity contribution in [3.63, 3.8) is 0 Å². The van der Waals surface area contributed by atoms with E-state index in [0.29, 0.717) is 78.0 Å². The van der Waals surface area contributed by atoms with Gasteiger partial charge >= 0.3 is 7.82 Å². The normalized spacial score (nSPS) is 16.2. The number of unbranched alkanes of at least 4 members (excludes halogenated alkanes) is 2. The Labute approximate surface area is 403 Å². The number of carbonyl (C=O) groups is 6. The van der Waals surface area contributed by atoms with Gasteiger partial charge in [0, 0.05) is 38.3 Å². The number of oxime groups is 1. The van der Waals surface area contributed by atoms with Crippen LogP contribution in [0.4, 0.5) is 0 Å². The van der Waals surface area contributed by atoms with Crippen molar-refractivity contribution in [1.82, 2.24) is 45.5 Å². The van der Waals surface area contributed by atoms with E-state index in [1.165, 1.54) is 28.9 Å². The number of primary amides is 1. The third-order valence-electron chi connectivity index (χ3n) is 10.9. The summed E-state index contributed by atoms with van der Waals surface area (Å²) >= 11 is 12.9. The van der Waals surface area contributed by atoms with E-state index in [-0.39, 0.29) is 31.3 Å². The van der Waals surface area contributed by atoms with Crippen LogP contribution < -0.4 is 27.0 Å². The number of aliphatic hydroxyl groups is 1. The zero-order chi connectivity index (χ0) is 50.3. The number of benzene rings is 1. The number of halogens is 2. The van der Waals surface area contributed by atoms with Gasteiger partial charge < -0.3 is 56.2 Å². The topological polar surface area (TPSA) is 324 Å². The predicted octanol–water partition coefficient (Wildman–Crippen LogP) is 1.42. The Morgan fingerprint density at radius 3 is 2.31 bits per heavy atom. The van der Waals surface area contributed by atoms with Gasteiger partial charge in [-0.05, 0) is 70.4 Å². The zero-order valence-electron chi connectivity index (χ0n) is 38.3. The standard InChI is InChI=1S/C42H60Cl2N11O12P/c1-24(2)18-31(49-42(62)35-14-11-16-54(35)27(5)57)39(59)48-32(40(60)50-33(22-56)41(61)51-36(38(45)58)26(4)67-68(63,64)65)19-28-20-46-23-53(28)15-9-6-10-17-66-47-21-29-25(3)52-55(37(29)44)34-13-8-7-12-30(34)43/h7-8,12-13,20-21,23-24,26,31-33,35-36,56H,6,9-11,14-19,22H2,1-5H3,(H2,45,58)(H,48,59)(H,49,62)(H,50,60)(H,51,61)(H2,63,64,65)/b47-21+/t26-,31+,32+,33+,35+,36+/m1/s1. The van der Waals surface area contributed by atoms with E-state index in [0.717, 1.165) is 6.92 Å². The molecule has 1 aliphatic rings. The van der Waals surface area contributed by atoms with E-state index in [4.69, 9.17) is 33.8 Å². The van der Waals surface area contributed by atoms with Crippen LogP contribution in [0.25, 0.3) is 5.69 Å². The molecular weight excluding hydrogens is 952 g/mol. The van der Waals surface area contributed by atoms with Crippen molar-refractivity contribution in [2.24, 2.45) is 16.8 Å². The molecule has 3 aromatic rings. The highest BCUT2D eigenvalue weighted by atomic mass is 35.5. The molecule has 0 bridgehead atoms. The first-order valence-corrected chi connectivity index (χ1v) is 24.2. The van der Waals surface area contributed by atoms with Crippen molar-refractivity contribution in [3.8, 4) is 5.69 Å². The molecule has 1 aliphatic heterocycles. The van der Waals surface area contributed by atoms with Crippen LogP contribution in [0.1, 0.15) is 83.2 Å². The zero-order valence-corrected chi connectivity index (χ0v) is 40.7. The molecule has 0 saturated carbocycles. The van der Waals surface area contributed by atoms with E-state index in [1.807, 2.05) is 19.9 Å². The first kappa shape index (κ1) is 55.2. The molecule has 6 atom stereocenters. The number of para-hydroxylation sites is 1. The lowest BCUT2D eigenvalue weighted by Gasteiger charge is -2.28. The molecule has 6 amide bonds. The van der Waals surface area contributed by atoms with Gasteiger partial charge in [0.15, 0.2) is 0 Å². The van der Waals surface area contributed by atoms with Crippen molar-refractivity contribution in [3.05, 3.63) is 63.9 Å². The average Bonchev–Trinajstić information content (AvgIpc) is 4.01. The largest absolute Gasteiger partial charge is 0.469 e. The van der Waals surface area contributed by atoms with Crippen molar-refractivity contribution >= 4 is 72.7 Å². The molecule has 1 aromatic carbocycles. The summed E-state index contributed by atoms with van der Waals surface area (Å²) in [5.74, 6) is -5.06. The Bertz CT molecular complexity index is 2320. The number of nitrogens with two attached hydrogens (primary N) is 1. The smallest absolute Gasteiger partial charge is 0.396 e. The third-order valence-corrected chi connectivity index (χ3v) is 12.1. The molecule has 0 spiro atoms. The van der Waals surface area contributed by atoms with Crippen LogP contribution in [0.5, 0.6) is 0 Å². The Kier molecular flexibility index (Phi) is 20.9. The molecule has 4 rings (SSSR count). The maximum Gasteiger partial charge on any atom is 0.469 e. The maximum absolute atomic E-state index is 14.1. The lowest BCUT2D eigenvalue weighted by Crippen LogP contribution is -2.61. The van der Waals surface area contributed by atoms with E-state index in [1.54, 1.807) is 36.0 Å². The van der Waals surface area contributed by atoms with Gasteiger partial charge in [-0.2, -0.15) is 5.10 Å². The number of aromatic nitrogens is 4.